The maximum atomic E-state index is 13.5. The van der Waals surface area contributed by atoms with E-state index in [0.717, 1.165) is 5.56 Å². The molecule has 0 bridgehead atoms. The van der Waals surface area contributed by atoms with Crippen LogP contribution in [-0.2, 0) is 5.75 Å². The highest BCUT2D eigenvalue weighted by molar-refractivity contribution is 7.98. The lowest BCUT2D eigenvalue weighted by molar-refractivity contribution is 0.0697. The van der Waals surface area contributed by atoms with E-state index in [0.29, 0.717) is 16.3 Å². The van der Waals surface area contributed by atoms with Crippen LogP contribution in [-0.4, -0.2) is 11.1 Å². The van der Waals surface area contributed by atoms with Crippen molar-refractivity contribution >= 4 is 23.4 Å². The van der Waals surface area contributed by atoms with E-state index in [1.165, 1.54) is 30.0 Å². The van der Waals surface area contributed by atoms with Crippen molar-refractivity contribution in [3.05, 3.63) is 59.4 Å². The molecule has 0 amide bonds. The number of carbonyl (C=O) groups is 1. The monoisotopic (exact) mass is 277 g/mol. The van der Waals surface area contributed by atoms with Gasteiger partial charge in [-0.05, 0) is 35.9 Å². The van der Waals surface area contributed by atoms with Crippen molar-refractivity contribution in [2.75, 3.05) is 5.73 Å². The summed E-state index contributed by atoms with van der Waals surface area (Å²) in [6.45, 7) is 0. The fraction of sp³-hybridized carbons (Fsp3) is 0.0714. The van der Waals surface area contributed by atoms with Crippen molar-refractivity contribution in [2.45, 2.75) is 10.6 Å². The van der Waals surface area contributed by atoms with Crippen molar-refractivity contribution < 1.29 is 14.3 Å². The molecule has 0 saturated carbocycles. The molecule has 3 N–H and O–H groups in total. The number of carboxylic acid groups (broad SMARTS) is 1. The number of halogens is 1. The third-order valence-corrected chi connectivity index (χ3v) is 3.67. The number of benzene rings is 2. The molecule has 0 aliphatic rings. The van der Waals surface area contributed by atoms with Crippen LogP contribution in [0.1, 0.15) is 15.9 Å². The van der Waals surface area contributed by atoms with Crippen LogP contribution in [0.5, 0.6) is 0 Å². The molecule has 0 aliphatic carbocycles. The maximum Gasteiger partial charge on any atom is 0.335 e. The summed E-state index contributed by atoms with van der Waals surface area (Å²) < 4.78 is 13.5. The van der Waals surface area contributed by atoms with E-state index in [4.69, 9.17) is 10.8 Å². The first-order chi connectivity index (χ1) is 9.06. The van der Waals surface area contributed by atoms with Gasteiger partial charge in [0.15, 0.2) is 0 Å². The quantitative estimate of drug-likeness (QED) is 0.664. The molecule has 5 heteroatoms. The predicted octanol–water partition coefficient (Wildman–Crippen LogP) is 3.40. The van der Waals surface area contributed by atoms with Crippen molar-refractivity contribution in [3.8, 4) is 0 Å². The standard InChI is InChI=1S/C14H12FNO2S/c15-12-7-11(16)5-6-13(12)19-8-9-1-3-10(4-2-9)14(17)18/h1-7H,8,16H2,(H,17,18). The zero-order valence-electron chi connectivity index (χ0n) is 9.97. The molecule has 0 radical (unpaired) electrons. The maximum absolute atomic E-state index is 13.5. The molecule has 2 aromatic rings. The van der Waals surface area contributed by atoms with Crippen LogP contribution >= 0.6 is 11.8 Å². The first kappa shape index (κ1) is 13.4. The van der Waals surface area contributed by atoms with E-state index in [2.05, 4.69) is 0 Å². The number of nitrogen functional groups attached to an aromatic ring is 1. The van der Waals surface area contributed by atoms with Gasteiger partial charge in [0.2, 0.25) is 0 Å². The summed E-state index contributed by atoms with van der Waals surface area (Å²) >= 11 is 1.35. The number of hydrogen-bond acceptors (Lipinski definition) is 3. The molecule has 98 valence electrons. The van der Waals surface area contributed by atoms with Gasteiger partial charge in [0.05, 0.1) is 5.56 Å². The minimum Gasteiger partial charge on any atom is -0.478 e. The van der Waals surface area contributed by atoms with Gasteiger partial charge in [-0.1, -0.05) is 12.1 Å². The van der Waals surface area contributed by atoms with E-state index >= 15 is 0 Å². The second-order valence-electron chi connectivity index (χ2n) is 3.98. The van der Waals surface area contributed by atoms with Crippen molar-refractivity contribution in [1.29, 1.82) is 0 Å². The van der Waals surface area contributed by atoms with E-state index in [1.54, 1.807) is 24.3 Å². The highest BCUT2D eigenvalue weighted by atomic mass is 32.2. The molecular formula is C14H12FNO2S. The van der Waals surface area contributed by atoms with Gasteiger partial charge in [0.1, 0.15) is 5.82 Å². The summed E-state index contributed by atoms with van der Waals surface area (Å²) in [5.41, 5.74) is 7.05. The van der Waals surface area contributed by atoms with Crippen LogP contribution in [0.15, 0.2) is 47.4 Å². The lowest BCUT2D eigenvalue weighted by atomic mass is 10.1. The molecule has 3 nitrogen and oxygen atoms in total. The zero-order chi connectivity index (χ0) is 13.8. The molecule has 2 rings (SSSR count). The second-order valence-corrected chi connectivity index (χ2v) is 5.00. The average molecular weight is 277 g/mol. The van der Waals surface area contributed by atoms with E-state index in [9.17, 15) is 9.18 Å². The Morgan fingerprint density at radius 1 is 1.21 bits per heavy atom. The first-order valence-corrected chi connectivity index (χ1v) is 6.55. The average Bonchev–Trinajstić information content (AvgIpc) is 2.38. The van der Waals surface area contributed by atoms with Gasteiger partial charge in [0.25, 0.3) is 0 Å². The molecule has 0 fully saturated rings. The van der Waals surface area contributed by atoms with Crippen molar-refractivity contribution in [1.82, 2.24) is 0 Å². The van der Waals surface area contributed by atoms with Gasteiger partial charge in [-0.15, -0.1) is 11.8 Å². The smallest absolute Gasteiger partial charge is 0.335 e. The van der Waals surface area contributed by atoms with Crippen LogP contribution in [0.2, 0.25) is 0 Å². The molecule has 2 aromatic carbocycles. The first-order valence-electron chi connectivity index (χ1n) is 5.56. The van der Waals surface area contributed by atoms with Crippen molar-refractivity contribution in [2.24, 2.45) is 0 Å². The Morgan fingerprint density at radius 2 is 1.89 bits per heavy atom. The van der Waals surface area contributed by atoms with Gasteiger partial charge in [-0.3, -0.25) is 0 Å². The number of anilines is 1. The Hall–Kier alpha value is -2.01. The summed E-state index contributed by atoms with van der Waals surface area (Å²) in [5, 5.41) is 8.78. The van der Waals surface area contributed by atoms with Crippen molar-refractivity contribution in [3.63, 3.8) is 0 Å². The summed E-state index contributed by atoms with van der Waals surface area (Å²) in [4.78, 5) is 11.2. The minimum absolute atomic E-state index is 0.243. The third-order valence-electron chi connectivity index (χ3n) is 2.55. The number of nitrogens with two attached hydrogens (primary N) is 1. The van der Waals surface area contributed by atoms with E-state index in [1.807, 2.05) is 0 Å². The van der Waals surface area contributed by atoms with Crippen LogP contribution < -0.4 is 5.73 Å². The molecule has 0 spiro atoms. The van der Waals surface area contributed by atoms with Gasteiger partial charge < -0.3 is 10.8 Å². The summed E-state index contributed by atoms with van der Waals surface area (Å²) in [7, 11) is 0. The summed E-state index contributed by atoms with van der Waals surface area (Å²) in [6, 6.07) is 11.1. The fourth-order valence-corrected chi connectivity index (χ4v) is 2.41. The molecule has 0 unspecified atom stereocenters. The van der Waals surface area contributed by atoms with Gasteiger partial charge in [0, 0.05) is 16.3 Å². The van der Waals surface area contributed by atoms with Gasteiger partial charge in [-0.2, -0.15) is 0 Å². The molecule has 0 aromatic heterocycles. The van der Waals surface area contributed by atoms with Crippen LogP contribution in [0, 0.1) is 5.82 Å². The predicted molar refractivity (Wildman–Crippen MR) is 73.8 cm³/mol. The molecule has 0 aliphatic heterocycles. The Kier molecular flexibility index (Phi) is 4.06. The zero-order valence-corrected chi connectivity index (χ0v) is 10.8. The Morgan fingerprint density at radius 3 is 2.47 bits per heavy atom. The van der Waals surface area contributed by atoms with E-state index < -0.39 is 5.97 Å². The second kappa shape index (κ2) is 5.75. The molecule has 0 saturated heterocycles. The Balaban J connectivity index is 2.04. The SMILES string of the molecule is Nc1ccc(SCc2ccc(C(=O)O)cc2)c(F)c1. The third kappa shape index (κ3) is 3.48. The number of aromatic carboxylic acids is 1. The summed E-state index contributed by atoms with van der Waals surface area (Å²) in [5.74, 6) is -0.725. The van der Waals surface area contributed by atoms with Crippen LogP contribution in [0.4, 0.5) is 10.1 Å². The largest absolute Gasteiger partial charge is 0.478 e. The lowest BCUT2D eigenvalue weighted by Crippen LogP contribution is -1.95. The Bertz CT molecular complexity index is 599. The minimum atomic E-state index is -0.955. The number of rotatable bonds is 4. The fourth-order valence-electron chi connectivity index (χ4n) is 1.54. The molecular weight excluding hydrogens is 265 g/mol. The van der Waals surface area contributed by atoms with Gasteiger partial charge >= 0.3 is 5.97 Å². The topological polar surface area (TPSA) is 63.3 Å². The van der Waals surface area contributed by atoms with Gasteiger partial charge in [-0.25, -0.2) is 9.18 Å². The normalized spacial score (nSPS) is 10.4. The number of carboxylic acids is 1. The number of hydrogen-bond donors (Lipinski definition) is 2. The molecule has 0 atom stereocenters. The highest BCUT2D eigenvalue weighted by Gasteiger charge is 2.05. The van der Waals surface area contributed by atoms with Crippen LogP contribution in [0.25, 0.3) is 0 Å². The highest BCUT2D eigenvalue weighted by Crippen LogP contribution is 2.26. The summed E-state index contributed by atoms with van der Waals surface area (Å²) in [6.07, 6.45) is 0. The van der Waals surface area contributed by atoms with E-state index in [-0.39, 0.29) is 11.4 Å². The molecule has 0 heterocycles. The molecule has 19 heavy (non-hydrogen) atoms. The van der Waals surface area contributed by atoms with Crippen LogP contribution in [0.3, 0.4) is 0 Å². The lowest BCUT2D eigenvalue weighted by Gasteiger charge is -2.04. The Labute approximate surface area is 114 Å². The number of thioether (sulfide) groups is 1.